The quantitative estimate of drug-likeness (QED) is 0.646. The third-order valence-electron chi connectivity index (χ3n) is 3.59. The van der Waals surface area contributed by atoms with E-state index in [1.54, 1.807) is 0 Å². The van der Waals surface area contributed by atoms with E-state index in [0.29, 0.717) is 6.10 Å². The summed E-state index contributed by atoms with van der Waals surface area (Å²) >= 11 is 0. The van der Waals surface area contributed by atoms with Gasteiger partial charge in [-0.2, -0.15) is 0 Å². The number of hydrogen-bond donors (Lipinski definition) is 1. The van der Waals surface area contributed by atoms with Crippen LogP contribution in [0.2, 0.25) is 0 Å². The molecule has 0 saturated heterocycles. The van der Waals surface area contributed by atoms with Gasteiger partial charge in [-0.3, -0.25) is 0 Å². The number of fused-ring (bicyclic) bond motifs is 1. The summed E-state index contributed by atoms with van der Waals surface area (Å²) in [6.45, 7) is 2.19. The Morgan fingerprint density at radius 3 is 2.17 bits per heavy atom. The highest BCUT2D eigenvalue weighted by Crippen LogP contribution is 2.48. The monoisotopic (exact) mass is 169 g/mol. The molecule has 2 aliphatic carbocycles. The molecule has 2 rings (SSSR count). The fraction of sp³-hybridized carbons (Fsp3) is 1.00. The predicted molar refractivity (Wildman–Crippen MR) is 48.8 cm³/mol. The summed E-state index contributed by atoms with van der Waals surface area (Å²) in [5.74, 6) is 1.70. The van der Waals surface area contributed by atoms with Crippen molar-refractivity contribution >= 4 is 0 Å². The van der Waals surface area contributed by atoms with Gasteiger partial charge in [0.05, 0.1) is 6.10 Å². The van der Waals surface area contributed by atoms with Crippen LogP contribution in [-0.2, 0) is 4.74 Å². The molecule has 12 heavy (non-hydrogen) atoms. The Hall–Kier alpha value is -0.0800. The molecule has 2 aliphatic rings. The van der Waals surface area contributed by atoms with E-state index in [1.807, 2.05) is 7.11 Å². The number of ether oxygens (including phenoxy) is 1. The fourth-order valence-corrected chi connectivity index (χ4v) is 3.13. The molecule has 2 N–H and O–H groups in total. The molecular formula is C10H19NO. The minimum atomic E-state index is 0.119. The lowest BCUT2D eigenvalue weighted by atomic mass is 9.97. The molecule has 0 aromatic rings. The third-order valence-corrected chi connectivity index (χ3v) is 3.59. The first-order valence-corrected chi connectivity index (χ1v) is 4.92. The second-order valence-electron chi connectivity index (χ2n) is 4.91. The van der Waals surface area contributed by atoms with Crippen molar-refractivity contribution in [3.05, 3.63) is 0 Å². The van der Waals surface area contributed by atoms with E-state index in [1.165, 1.54) is 25.7 Å². The van der Waals surface area contributed by atoms with Crippen molar-refractivity contribution in [2.75, 3.05) is 7.11 Å². The zero-order chi connectivity index (χ0) is 8.77. The van der Waals surface area contributed by atoms with Crippen LogP contribution in [0, 0.1) is 11.8 Å². The molecule has 0 aromatic heterocycles. The molecule has 0 radical (unpaired) electrons. The van der Waals surface area contributed by atoms with Gasteiger partial charge < -0.3 is 10.5 Å². The highest BCUT2D eigenvalue weighted by Gasteiger charge is 2.45. The summed E-state index contributed by atoms with van der Waals surface area (Å²) in [6, 6.07) is 0. The molecule has 0 aliphatic heterocycles. The largest absolute Gasteiger partial charge is 0.381 e. The Balaban J connectivity index is 1.97. The zero-order valence-electron chi connectivity index (χ0n) is 8.05. The third kappa shape index (κ3) is 1.38. The molecule has 2 saturated carbocycles. The van der Waals surface area contributed by atoms with Gasteiger partial charge in [0.1, 0.15) is 0 Å². The molecule has 0 heterocycles. The Morgan fingerprint density at radius 1 is 1.25 bits per heavy atom. The minimum absolute atomic E-state index is 0.119. The number of rotatable bonds is 1. The van der Waals surface area contributed by atoms with Crippen LogP contribution in [-0.4, -0.2) is 18.8 Å². The minimum Gasteiger partial charge on any atom is -0.381 e. The van der Waals surface area contributed by atoms with Crippen molar-refractivity contribution < 1.29 is 4.74 Å². The van der Waals surface area contributed by atoms with Gasteiger partial charge in [-0.25, -0.2) is 0 Å². The Kier molecular flexibility index (Phi) is 1.92. The summed E-state index contributed by atoms with van der Waals surface area (Å²) in [5, 5.41) is 0. The molecule has 2 nitrogen and oxygen atoms in total. The van der Waals surface area contributed by atoms with Gasteiger partial charge in [-0.15, -0.1) is 0 Å². The van der Waals surface area contributed by atoms with E-state index < -0.39 is 0 Å². The topological polar surface area (TPSA) is 35.2 Å². The normalized spacial score (nSPS) is 52.8. The highest BCUT2D eigenvalue weighted by atomic mass is 16.5. The number of hydrogen-bond acceptors (Lipinski definition) is 2. The van der Waals surface area contributed by atoms with Crippen molar-refractivity contribution in [2.24, 2.45) is 17.6 Å². The van der Waals surface area contributed by atoms with Gasteiger partial charge in [0.15, 0.2) is 0 Å². The molecule has 0 bridgehead atoms. The molecule has 0 spiro atoms. The van der Waals surface area contributed by atoms with Gasteiger partial charge >= 0.3 is 0 Å². The fourth-order valence-electron chi connectivity index (χ4n) is 3.13. The Labute approximate surface area is 74.5 Å². The molecule has 0 amide bonds. The lowest BCUT2D eigenvalue weighted by Gasteiger charge is -2.19. The van der Waals surface area contributed by atoms with Crippen LogP contribution < -0.4 is 5.73 Å². The van der Waals surface area contributed by atoms with Crippen LogP contribution in [0.25, 0.3) is 0 Å². The SMILES string of the molecule is COC1CC2CC(C)(N)CC2C1. The van der Waals surface area contributed by atoms with Crippen LogP contribution in [0.4, 0.5) is 0 Å². The smallest absolute Gasteiger partial charge is 0.0576 e. The van der Waals surface area contributed by atoms with Crippen LogP contribution in [0.15, 0.2) is 0 Å². The van der Waals surface area contributed by atoms with Crippen molar-refractivity contribution in [2.45, 2.75) is 44.2 Å². The Bertz CT molecular complexity index is 163. The molecule has 0 aromatic carbocycles. The maximum Gasteiger partial charge on any atom is 0.0576 e. The van der Waals surface area contributed by atoms with Gasteiger partial charge in [-0.1, -0.05) is 0 Å². The summed E-state index contributed by atoms with van der Waals surface area (Å²) in [7, 11) is 1.83. The van der Waals surface area contributed by atoms with Crippen molar-refractivity contribution in [1.82, 2.24) is 0 Å². The maximum atomic E-state index is 6.11. The summed E-state index contributed by atoms with van der Waals surface area (Å²) in [5.41, 5.74) is 6.23. The van der Waals surface area contributed by atoms with E-state index in [2.05, 4.69) is 6.92 Å². The number of methoxy groups -OCH3 is 1. The van der Waals surface area contributed by atoms with Crippen LogP contribution in [0.3, 0.4) is 0 Å². The van der Waals surface area contributed by atoms with E-state index in [9.17, 15) is 0 Å². The molecule has 2 unspecified atom stereocenters. The van der Waals surface area contributed by atoms with E-state index in [-0.39, 0.29) is 5.54 Å². The number of nitrogens with two attached hydrogens (primary N) is 1. The maximum absolute atomic E-state index is 6.11. The zero-order valence-corrected chi connectivity index (χ0v) is 8.05. The second kappa shape index (κ2) is 2.71. The van der Waals surface area contributed by atoms with Gasteiger partial charge in [0.2, 0.25) is 0 Å². The lowest BCUT2D eigenvalue weighted by Crippen LogP contribution is -2.33. The standard InChI is InChI=1S/C10H19NO/c1-10(11)5-7-3-9(12-2)4-8(7)6-10/h7-9H,3-6,11H2,1-2H3. The highest BCUT2D eigenvalue weighted by molar-refractivity contribution is 5.00. The Morgan fingerprint density at radius 2 is 1.75 bits per heavy atom. The summed E-state index contributed by atoms with van der Waals surface area (Å²) in [4.78, 5) is 0. The second-order valence-corrected chi connectivity index (χ2v) is 4.91. The van der Waals surface area contributed by atoms with Crippen LogP contribution in [0.5, 0.6) is 0 Å². The van der Waals surface area contributed by atoms with Gasteiger partial charge in [0, 0.05) is 12.6 Å². The molecule has 2 heteroatoms. The predicted octanol–water partition coefficient (Wildman–Crippen LogP) is 1.54. The summed E-state index contributed by atoms with van der Waals surface area (Å²) < 4.78 is 5.37. The van der Waals surface area contributed by atoms with Crippen molar-refractivity contribution in [3.63, 3.8) is 0 Å². The van der Waals surface area contributed by atoms with Crippen LogP contribution in [0.1, 0.15) is 32.6 Å². The van der Waals surface area contributed by atoms with Crippen molar-refractivity contribution in [1.29, 1.82) is 0 Å². The van der Waals surface area contributed by atoms with Gasteiger partial charge in [-0.05, 0) is 44.4 Å². The molecule has 2 fully saturated rings. The van der Waals surface area contributed by atoms with E-state index in [0.717, 1.165) is 11.8 Å². The van der Waals surface area contributed by atoms with Gasteiger partial charge in [0.25, 0.3) is 0 Å². The lowest BCUT2D eigenvalue weighted by molar-refractivity contribution is 0.0990. The first-order valence-electron chi connectivity index (χ1n) is 4.92. The first kappa shape index (κ1) is 8.52. The average Bonchev–Trinajstić information content (AvgIpc) is 2.40. The first-order chi connectivity index (χ1) is 5.61. The van der Waals surface area contributed by atoms with E-state index >= 15 is 0 Å². The molecular weight excluding hydrogens is 150 g/mol. The van der Waals surface area contributed by atoms with Crippen molar-refractivity contribution in [3.8, 4) is 0 Å². The molecule has 70 valence electrons. The molecule has 2 atom stereocenters. The average molecular weight is 169 g/mol. The summed E-state index contributed by atoms with van der Waals surface area (Å²) in [6.07, 6.45) is 5.42. The van der Waals surface area contributed by atoms with Crippen LogP contribution >= 0.6 is 0 Å². The van der Waals surface area contributed by atoms with E-state index in [4.69, 9.17) is 10.5 Å².